The maximum Gasteiger partial charge on any atom is 0.417 e. The molecule has 0 aliphatic heterocycles. The van der Waals surface area contributed by atoms with Gasteiger partial charge in [-0.15, -0.1) is 0 Å². The maximum atomic E-state index is 12.9. The SMILES string of the molecule is CC(C)(C)c1n[nH]c(=O)nc1N/N=C/c1ccccc1C(F)(F)F. The van der Waals surface area contributed by atoms with Gasteiger partial charge >= 0.3 is 11.9 Å². The summed E-state index contributed by atoms with van der Waals surface area (Å²) in [7, 11) is 0. The number of aromatic nitrogens is 3. The third kappa shape index (κ3) is 4.18. The smallest absolute Gasteiger partial charge is 0.260 e. The van der Waals surface area contributed by atoms with Crippen molar-refractivity contribution in [3.05, 3.63) is 51.6 Å². The number of rotatable bonds is 3. The van der Waals surface area contributed by atoms with E-state index in [-0.39, 0.29) is 11.4 Å². The number of alkyl halides is 3. The zero-order chi connectivity index (χ0) is 18.0. The van der Waals surface area contributed by atoms with Gasteiger partial charge in [0.25, 0.3) is 0 Å². The fourth-order valence-electron chi connectivity index (χ4n) is 1.97. The first kappa shape index (κ1) is 17.6. The van der Waals surface area contributed by atoms with Crippen molar-refractivity contribution >= 4 is 12.0 Å². The van der Waals surface area contributed by atoms with E-state index in [4.69, 9.17) is 0 Å². The average molecular weight is 339 g/mol. The molecule has 0 unspecified atom stereocenters. The lowest BCUT2D eigenvalue weighted by molar-refractivity contribution is -0.137. The normalized spacial score (nSPS) is 12.6. The van der Waals surface area contributed by atoms with Crippen molar-refractivity contribution in [1.29, 1.82) is 0 Å². The van der Waals surface area contributed by atoms with Crippen LogP contribution in [0.5, 0.6) is 0 Å². The molecule has 1 aromatic carbocycles. The molecule has 24 heavy (non-hydrogen) atoms. The lowest BCUT2D eigenvalue weighted by Crippen LogP contribution is -2.24. The number of H-pyrrole nitrogens is 1. The van der Waals surface area contributed by atoms with Crippen LogP contribution in [0.3, 0.4) is 0 Å². The van der Waals surface area contributed by atoms with Crippen LogP contribution in [0.4, 0.5) is 19.0 Å². The molecule has 9 heteroatoms. The third-order valence-electron chi connectivity index (χ3n) is 3.05. The van der Waals surface area contributed by atoms with Gasteiger partial charge in [-0.1, -0.05) is 39.0 Å². The molecule has 6 nitrogen and oxygen atoms in total. The second kappa shape index (κ2) is 6.42. The minimum absolute atomic E-state index is 0.0898. The van der Waals surface area contributed by atoms with E-state index in [9.17, 15) is 18.0 Å². The van der Waals surface area contributed by atoms with Crippen LogP contribution in [0, 0.1) is 0 Å². The first-order chi connectivity index (χ1) is 11.1. The molecule has 0 radical (unpaired) electrons. The number of benzene rings is 1. The molecule has 0 spiro atoms. The van der Waals surface area contributed by atoms with Crippen LogP contribution in [0.15, 0.2) is 34.2 Å². The van der Waals surface area contributed by atoms with E-state index in [0.717, 1.165) is 12.3 Å². The van der Waals surface area contributed by atoms with Crippen LogP contribution in [-0.2, 0) is 11.6 Å². The van der Waals surface area contributed by atoms with Crippen LogP contribution in [0.1, 0.15) is 37.6 Å². The third-order valence-corrected chi connectivity index (χ3v) is 3.05. The van der Waals surface area contributed by atoms with E-state index in [1.165, 1.54) is 18.2 Å². The summed E-state index contributed by atoms with van der Waals surface area (Å²) in [5.74, 6) is 0.0898. The number of anilines is 1. The van der Waals surface area contributed by atoms with Crippen LogP contribution in [0.2, 0.25) is 0 Å². The van der Waals surface area contributed by atoms with E-state index in [2.05, 4.69) is 25.7 Å². The van der Waals surface area contributed by atoms with Gasteiger partial charge in [0.1, 0.15) is 5.69 Å². The molecule has 2 rings (SSSR count). The van der Waals surface area contributed by atoms with Gasteiger partial charge in [-0.25, -0.2) is 9.89 Å². The largest absolute Gasteiger partial charge is 0.417 e. The van der Waals surface area contributed by atoms with Crippen LogP contribution < -0.4 is 11.1 Å². The van der Waals surface area contributed by atoms with Gasteiger partial charge in [-0.05, 0) is 6.07 Å². The highest BCUT2D eigenvalue weighted by Gasteiger charge is 2.32. The van der Waals surface area contributed by atoms with Gasteiger partial charge < -0.3 is 0 Å². The van der Waals surface area contributed by atoms with Crippen molar-refractivity contribution in [3.8, 4) is 0 Å². The quantitative estimate of drug-likeness (QED) is 0.665. The standard InChI is InChI=1S/C15H16F3N5O/c1-14(2,3)11-12(20-13(24)23-21-11)22-19-8-9-6-4-5-7-10(9)15(16,17)18/h4-8H,1-3H3,(H2,20,22,23,24)/b19-8+. The molecule has 0 fully saturated rings. The second-order valence-corrected chi connectivity index (χ2v) is 6.04. The molecule has 0 bridgehead atoms. The maximum absolute atomic E-state index is 12.9. The van der Waals surface area contributed by atoms with Crippen molar-refractivity contribution in [1.82, 2.24) is 15.2 Å². The highest BCUT2D eigenvalue weighted by atomic mass is 19.4. The number of hydrogen-bond acceptors (Lipinski definition) is 5. The van der Waals surface area contributed by atoms with Crippen LogP contribution in [0.25, 0.3) is 0 Å². The van der Waals surface area contributed by atoms with Crippen molar-refractivity contribution in [2.24, 2.45) is 5.10 Å². The minimum Gasteiger partial charge on any atom is -0.260 e. The Balaban J connectivity index is 2.31. The predicted octanol–water partition coefficient (Wildman–Crippen LogP) is 2.93. The Kier molecular flexibility index (Phi) is 4.72. The number of aromatic amines is 1. The number of nitrogens with one attached hydrogen (secondary N) is 2. The topological polar surface area (TPSA) is 83.0 Å². The summed E-state index contributed by atoms with van der Waals surface area (Å²) in [6, 6.07) is 5.04. The summed E-state index contributed by atoms with van der Waals surface area (Å²) in [5, 5.41) is 9.91. The number of halogens is 3. The fourth-order valence-corrected chi connectivity index (χ4v) is 1.97. The van der Waals surface area contributed by atoms with Crippen LogP contribution >= 0.6 is 0 Å². The average Bonchev–Trinajstić information content (AvgIpc) is 2.45. The number of nitrogens with zero attached hydrogens (tertiary/aromatic N) is 3. The predicted molar refractivity (Wildman–Crippen MR) is 84.0 cm³/mol. The Hall–Kier alpha value is -2.71. The molecule has 0 aliphatic rings. The molecule has 128 valence electrons. The number of hydrogen-bond donors (Lipinski definition) is 2. The minimum atomic E-state index is -4.48. The summed E-state index contributed by atoms with van der Waals surface area (Å²) < 4.78 is 38.8. The first-order valence-corrected chi connectivity index (χ1v) is 7.01. The first-order valence-electron chi connectivity index (χ1n) is 7.01. The molecule has 2 N–H and O–H groups in total. The number of hydrazone groups is 1. The molecular formula is C15H16F3N5O. The molecule has 0 saturated heterocycles. The molecular weight excluding hydrogens is 323 g/mol. The van der Waals surface area contributed by atoms with Gasteiger partial charge in [0.15, 0.2) is 5.82 Å². The molecule has 1 heterocycles. The lowest BCUT2D eigenvalue weighted by atomic mass is 9.92. The fraction of sp³-hybridized carbons (Fsp3) is 0.333. The molecule has 0 atom stereocenters. The van der Waals surface area contributed by atoms with E-state index in [0.29, 0.717) is 5.69 Å². The van der Waals surface area contributed by atoms with Gasteiger partial charge in [0.2, 0.25) is 0 Å². The van der Waals surface area contributed by atoms with E-state index in [1.54, 1.807) is 0 Å². The van der Waals surface area contributed by atoms with Crippen molar-refractivity contribution in [3.63, 3.8) is 0 Å². The monoisotopic (exact) mass is 339 g/mol. The highest BCUT2D eigenvalue weighted by Crippen LogP contribution is 2.31. The van der Waals surface area contributed by atoms with Gasteiger partial charge in [-0.3, -0.25) is 5.43 Å². The Morgan fingerprint density at radius 2 is 1.88 bits per heavy atom. The molecule has 0 aliphatic carbocycles. The summed E-state index contributed by atoms with van der Waals surface area (Å²) >= 11 is 0. The Morgan fingerprint density at radius 1 is 1.21 bits per heavy atom. The van der Waals surface area contributed by atoms with E-state index >= 15 is 0 Å². The summed E-state index contributed by atoms with van der Waals surface area (Å²) in [4.78, 5) is 15.0. The van der Waals surface area contributed by atoms with Gasteiger partial charge in [-0.2, -0.15) is 28.4 Å². The highest BCUT2D eigenvalue weighted by molar-refractivity contribution is 5.82. The molecule has 0 saturated carbocycles. The van der Waals surface area contributed by atoms with Crippen molar-refractivity contribution in [2.75, 3.05) is 5.43 Å². The molecule has 0 amide bonds. The zero-order valence-electron chi connectivity index (χ0n) is 13.3. The lowest BCUT2D eigenvalue weighted by Gasteiger charge is -2.18. The zero-order valence-corrected chi connectivity index (χ0v) is 13.3. The summed E-state index contributed by atoms with van der Waals surface area (Å²) in [6.45, 7) is 5.55. The van der Waals surface area contributed by atoms with Crippen molar-refractivity contribution < 1.29 is 13.2 Å². The Bertz CT molecular complexity index is 806. The van der Waals surface area contributed by atoms with Gasteiger partial charge in [0, 0.05) is 11.0 Å². The molecule has 1 aromatic heterocycles. The van der Waals surface area contributed by atoms with E-state index < -0.39 is 22.8 Å². The van der Waals surface area contributed by atoms with Crippen LogP contribution in [-0.4, -0.2) is 21.4 Å². The second-order valence-electron chi connectivity index (χ2n) is 6.04. The van der Waals surface area contributed by atoms with E-state index in [1.807, 2.05) is 20.8 Å². The Morgan fingerprint density at radius 3 is 2.50 bits per heavy atom. The molecule has 2 aromatic rings. The van der Waals surface area contributed by atoms with Crippen molar-refractivity contribution in [2.45, 2.75) is 32.4 Å². The summed E-state index contributed by atoms with van der Waals surface area (Å²) in [5.41, 5.74) is 0.894. The Labute approximate surface area is 135 Å². The summed E-state index contributed by atoms with van der Waals surface area (Å²) in [6.07, 6.45) is -3.46. The van der Waals surface area contributed by atoms with Gasteiger partial charge in [0.05, 0.1) is 11.8 Å².